The molecule has 0 radical (unpaired) electrons. The number of allylic oxidation sites excluding steroid dienone is 2. The van der Waals surface area contributed by atoms with Crippen molar-refractivity contribution in [1.82, 2.24) is 5.32 Å². The highest BCUT2D eigenvalue weighted by Gasteiger charge is 1.75. The van der Waals surface area contributed by atoms with Crippen molar-refractivity contribution in [2.24, 2.45) is 4.99 Å². The number of hydrogen-bond donors (Lipinski definition) is 2. The molecule has 0 spiro atoms. The van der Waals surface area contributed by atoms with E-state index in [4.69, 9.17) is 5.41 Å². The second-order valence-corrected chi connectivity index (χ2v) is 1.90. The predicted octanol–water partition coefficient (Wildman–Crippen LogP) is 1.69. The van der Waals surface area contributed by atoms with E-state index in [1.165, 1.54) is 0 Å². The highest BCUT2D eigenvalue weighted by molar-refractivity contribution is 5.93. The van der Waals surface area contributed by atoms with Crippen LogP contribution in [0.3, 0.4) is 0 Å². The van der Waals surface area contributed by atoms with E-state index in [-0.39, 0.29) is 0 Å². The third-order valence-electron chi connectivity index (χ3n) is 0.940. The molecule has 11 heavy (non-hydrogen) atoms. The first-order chi connectivity index (χ1) is 5.31. The van der Waals surface area contributed by atoms with Gasteiger partial charge in [-0.2, -0.15) is 0 Å². The number of hydrogen-bond acceptors (Lipinski definition) is 2. The Morgan fingerprint density at radius 2 is 2.27 bits per heavy atom. The minimum absolute atomic E-state index is 0.940. The largest absolute Gasteiger partial charge is 0.352 e. The van der Waals surface area contributed by atoms with Crippen molar-refractivity contribution in [3.8, 4) is 0 Å². The average Bonchev–Trinajstić information content (AvgIpc) is 1.99. The van der Waals surface area contributed by atoms with Crippen molar-refractivity contribution in [3.63, 3.8) is 0 Å². The van der Waals surface area contributed by atoms with Gasteiger partial charge in [0, 0.05) is 18.1 Å². The lowest BCUT2D eigenvalue weighted by atomic mass is 10.4. The fourth-order valence-corrected chi connectivity index (χ4v) is 0.530. The van der Waals surface area contributed by atoms with Gasteiger partial charge in [0.05, 0.1) is 6.34 Å². The van der Waals surface area contributed by atoms with Crippen LogP contribution in [0.1, 0.15) is 13.8 Å². The molecule has 0 unspecified atom stereocenters. The number of aliphatic imine (C=N–C) groups is 1. The molecule has 2 N–H and O–H groups in total. The summed E-state index contributed by atoms with van der Waals surface area (Å²) in [4.78, 5) is 4.03. The van der Waals surface area contributed by atoms with Crippen molar-refractivity contribution in [2.45, 2.75) is 13.8 Å². The topological polar surface area (TPSA) is 48.2 Å². The molecular weight excluding hydrogens is 138 g/mol. The molecule has 0 aromatic heterocycles. The van der Waals surface area contributed by atoms with E-state index in [2.05, 4.69) is 10.3 Å². The summed E-state index contributed by atoms with van der Waals surface area (Å²) in [6, 6.07) is 0. The van der Waals surface area contributed by atoms with Gasteiger partial charge >= 0.3 is 0 Å². The summed E-state index contributed by atoms with van der Waals surface area (Å²) in [6.45, 7) is 3.85. The summed E-state index contributed by atoms with van der Waals surface area (Å²) in [6.07, 6.45) is 8.14. The second kappa shape index (κ2) is 6.74. The molecule has 0 aliphatic heterocycles. The SMILES string of the molecule is C\C=C/C(C)=N/C=C\NC=N. The summed E-state index contributed by atoms with van der Waals surface area (Å²) in [5.74, 6) is 0. The van der Waals surface area contributed by atoms with Crippen molar-refractivity contribution in [1.29, 1.82) is 5.41 Å². The van der Waals surface area contributed by atoms with E-state index in [9.17, 15) is 0 Å². The maximum absolute atomic E-state index is 6.62. The summed E-state index contributed by atoms with van der Waals surface area (Å²) < 4.78 is 0. The lowest BCUT2D eigenvalue weighted by Crippen LogP contribution is -1.97. The van der Waals surface area contributed by atoms with Crippen LogP contribution in [-0.4, -0.2) is 12.1 Å². The Labute approximate surface area is 67.0 Å². The van der Waals surface area contributed by atoms with Gasteiger partial charge in [-0.05, 0) is 19.9 Å². The van der Waals surface area contributed by atoms with Gasteiger partial charge in [0.1, 0.15) is 0 Å². The van der Waals surface area contributed by atoms with Crippen LogP contribution < -0.4 is 5.32 Å². The first kappa shape index (κ1) is 9.62. The normalized spacial score (nSPS) is 12.7. The van der Waals surface area contributed by atoms with E-state index in [1.54, 1.807) is 12.4 Å². The molecule has 3 nitrogen and oxygen atoms in total. The Hall–Kier alpha value is -1.38. The minimum Gasteiger partial charge on any atom is -0.352 e. The van der Waals surface area contributed by atoms with Crippen LogP contribution in [0.25, 0.3) is 0 Å². The molecule has 0 aliphatic carbocycles. The Balaban J connectivity index is 3.80. The van der Waals surface area contributed by atoms with Crippen LogP contribution >= 0.6 is 0 Å². The van der Waals surface area contributed by atoms with Crippen molar-refractivity contribution >= 4 is 12.1 Å². The van der Waals surface area contributed by atoms with Crippen LogP contribution in [0.4, 0.5) is 0 Å². The van der Waals surface area contributed by atoms with Gasteiger partial charge in [0.15, 0.2) is 0 Å². The Kier molecular flexibility index (Phi) is 5.89. The first-order valence-electron chi connectivity index (χ1n) is 3.38. The van der Waals surface area contributed by atoms with Gasteiger partial charge in [-0.3, -0.25) is 10.4 Å². The Morgan fingerprint density at radius 1 is 1.55 bits per heavy atom. The van der Waals surface area contributed by atoms with Gasteiger partial charge in [0.25, 0.3) is 0 Å². The minimum atomic E-state index is 0.940. The zero-order valence-corrected chi connectivity index (χ0v) is 6.83. The molecule has 0 rings (SSSR count). The molecule has 0 aromatic carbocycles. The van der Waals surface area contributed by atoms with Crippen LogP contribution in [0.15, 0.2) is 29.5 Å². The molecule has 0 saturated heterocycles. The van der Waals surface area contributed by atoms with E-state index in [0.717, 1.165) is 12.1 Å². The lowest BCUT2D eigenvalue weighted by Gasteiger charge is -1.86. The predicted molar refractivity (Wildman–Crippen MR) is 49.0 cm³/mol. The quantitative estimate of drug-likeness (QED) is 0.466. The van der Waals surface area contributed by atoms with Crippen LogP contribution in [0.2, 0.25) is 0 Å². The highest BCUT2D eigenvalue weighted by Crippen LogP contribution is 1.81. The fraction of sp³-hybridized carbons (Fsp3) is 0.250. The Morgan fingerprint density at radius 3 is 2.82 bits per heavy atom. The number of nitrogens with one attached hydrogen (secondary N) is 2. The molecule has 0 fully saturated rings. The van der Waals surface area contributed by atoms with Gasteiger partial charge < -0.3 is 5.32 Å². The molecule has 3 heteroatoms. The summed E-state index contributed by atoms with van der Waals surface area (Å²) in [5, 5.41) is 9.20. The maximum atomic E-state index is 6.62. The van der Waals surface area contributed by atoms with E-state index in [0.29, 0.717) is 0 Å². The molecule has 0 heterocycles. The maximum Gasteiger partial charge on any atom is 0.0831 e. The number of nitrogens with zero attached hydrogens (tertiary/aromatic N) is 1. The first-order valence-corrected chi connectivity index (χ1v) is 3.38. The summed E-state index contributed by atoms with van der Waals surface area (Å²) in [7, 11) is 0. The average molecular weight is 151 g/mol. The van der Waals surface area contributed by atoms with Crippen LogP contribution in [-0.2, 0) is 0 Å². The third kappa shape index (κ3) is 6.51. The summed E-state index contributed by atoms with van der Waals surface area (Å²) in [5.41, 5.74) is 0.940. The van der Waals surface area contributed by atoms with Gasteiger partial charge in [-0.1, -0.05) is 6.08 Å². The molecule has 0 amide bonds. The standard InChI is InChI=1S/C8H13N3/c1-3-4-8(2)11-6-5-10-7-9/h3-7H,1-2H3,(H2,9,10)/b4-3-,6-5-,11-8+. The van der Waals surface area contributed by atoms with Crippen LogP contribution in [0, 0.1) is 5.41 Å². The molecular formula is C8H13N3. The summed E-state index contributed by atoms with van der Waals surface area (Å²) >= 11 is 0. The van der Waals surface area contributed by atoms with Crippen molar-refractivity contribution in [3.05, 3.63) is 24.6 Å². The molecule has 0 bridgehead atoms. The zero-order chi connectivity index (χ0) is 8.53. The van der Waals surface area contributed by atoms with Gasteiger partial charge in [0.2, 0.25) is 0 Å². The van der Waals surface area contributed by atoms with E-state index in [1.807, 2.05) is 26.0 Å². The molecule has 0 aliphatic rings. The third-order valence-corrected chi connectivity index (χ3v) is 0.940. The molecule has 60 valence electrons. The fourth-order valence-electron chi connectivity index (χ4n) is 0.530. The smallest absolute Gasteiger partial charge is 0.0831 e. The molecule has 0 saturated carbocycles. The van der Waals surface area contributed by atoms with Crippen molar-refractivity contribution in [2.75, 3.05) is 0 Å². The van der Waals surface area contributed by atoms with Crippen LogP contribution in [0.5, 0.6) is 0 Å². The van der Waals surface area contributed by atoms with Crippen molar-refractivity contribution < 1.29 is 0 Å². The second-order valence-electron chi connectivity index (χ2n) is 1.90. The monoisotopic (exact) mass is 151 g/mol. The van der Waals surface area contributed by atoms with Gasteiger partial charge in [-0.25, -0.2) is 0 Å². The van der Waals surface area contributed by atoms with Gasteiger partial charge in [-0.15, -0.1) is 0 Å². The van der Waals surface area contributed by atoms with E-state index >= 15 is 0 Å². The molecule has 0 aromatic rings. The number of rotatable bonds is 4. The van der Waals surface area contributed by atoms with E-state index < -0.39 is 0 Å². The Bertz CT molecular complexity index is 190. The lowest BCUT2D eigenvalue weighted by molar-refractivity contribution is 1.26. The zero-order valence-electron chi connectivity index (χ0n) is 6.83. The molecule has 0 atom stereocenters. The highest BCUT2D eigenvalue weighted by atomic mass is 14.9.